The lowest BCUT2D eigenvalue weighted by atomic mass is 10.1. The van der Waals surface area contributed by atoms with E-state index in [-0.39, 0.29) is 0 Å². The molecule has 5 heteroatoms. The number of ether oxygens (including phenoxy) is 1. The highest BCUT2D eigenvalue weighted by Crippen LogP contribution is 2.32. The largest absolute Gasteiger partial charge is 0.381 e. The van der Waals surface area contributed by atoms with E-state index in [1.807, 2.05) is 0 Å². The summed E-state index contributed by atoms with van der Waals surface area (Å²) in [6.07, 6.45) is 2.16. The summed E-state index contributed by atoms with van der Waals surface area (Å²) in [4.78, 5) is 2.29. The van der Waals surface area contributed by atoms with Crippen LogP contribution in [0.1, 0.15) is 30.1 Å². The van der Waals surface area contributed by atoms with Crippen LogP contribution in [0.2, 0.25) is 0 Å². The van der Waals surface area contributed by atoms with Gasteiger partial charge in [-0.15, -0.1) is 0 Å². The molecule has 2 aliphatic rings. The van der Waals surface area contributed by atoms with Crippen molar-refractivity contribution in [2.75, 3.05) is 20.3 Å². The van der Waals surface area contributed by atoms with Crippen molar-refractivity contribution < 1.29 is 4.74 Å². The van der Waals surface area contributed by atoms with Crippen molar-refractivity contribution in [3.63, 3.8) is 0 Å². The molecule has 0 N–H and O–H groups in total. The van der Waals surface area contributed by atoms with E-state index < -0.39 is 0 Å². The van der Waals surface area contributed by atoms with Crippen molar-refractivity contribution >= 4 is 15.9 Å². The Balaban J connectivity index is 1.89. The Labute approximate surface area is 104 Å². The molecule has 4 nitrogen and oxygen atoms in total. The van der Waals surface area contributed by atoms with E-state index in [0.29, 0.717) is 6.04 Å². The fourth-order valence-electron chi connectivity index (χ4n) is 2.53. The number of fused-ring (bicyclic) bond motifs is 1. The SMILES string of the molecule is CN1Cc2nn(C3CCOCC3)c(Br)c2C1. The molecule has 2 aliphatic heterocycles. The number of rotatable bonds is 1. The van der Waals surface area contributed by atoms with Gasteiger partial charge in [0.25, 0.3) is 0 Å². The molecule has 3 rings (SSSR count). The molecule has 0 aliphatic carbocycles. The van der Waals surface area contributed by atoms with Gasteiger partial charge >= 0.3 is 0 Å². The maximum Gasteiger partial charge on any atom is 0.109 e. The van der Waals surface area contributed by atoms with Gasteiger partial charge in [0, 0.05) is 31.9 Å². The fourth-order valence-corrected chi connectivity index (χ4v) is 3.25. The third-order valence-corrected chi connectivity index (χ3v) is 4.25. The summed E-state index contributed by atoms with van der Waals surface area (Å²) < 4.78 is 8.74. The van der Waals surface area contributed by atoms with Crippen LogP contribution in [0.3, 0.4) is 0 Å². The molecule has 0 unspecified atom stereocenters. The van der Waals surface area contributed by atoms with E-state index in [0.717, 1.165) is 39.1 Å². The molecule has 1 fully saturated rings. The quantitative estimate of drug-likeness (QED) is 0.790. The third-order valence-electron chi connectivity index (χ3n) is 3.41. The maximum absolute atomic E-state index is 5.39. The van der Waals surface area contributed by atoms with Gasteiger partial charge < -0.3 is 4.74 Å². The maximum atomic E-state index is 5.39. The van der Waals surface area contributed by atoms with Gasteiger partial charge in [-0.05, 0) is 35.8 Å². The Morgan fingerprint density at radius 3 is 2.75 bits per heavy atom. The summed E-state index contributed by atoms with van der Waals surface area (Å²) in [7, 11) is 2.13. The number of aromatic nitrogens is 2. The highest BCUT2D eigenvalue weighted by Gasteiger charge is 2.27. The predicted octanol–water partition coefficient (Wildman–Crippen LogP) is 1.94. The lowest BCUT2D eigenvalue weighted by molar-refractivity contribution is 0.0652. The molecule has 1 saturated heterocycles. The first-order valence-corrected chi connectivity index (χ1v) is 6.57. The van der Waals surface area contributed by atoms with Crippen molar-refractivity contribution in [2.24, 2.45) is 0 Å². The second-order valence-electron chi connectivity index (χ2n) is 4.68. The minimum atomic E-state index is 0.513. The van der Waals surface area contributed by atoms with Crippen LogP contribution < -0.4 is 0 Å². The zero-order valence-corrected chi connectivity index (χ0v) is 11.0. The van der Waals surface area contributed by atoms with Gasteiger partial charge in [0.1, 0.15) is 4.60 Å². The summed E-state index contributed by atoms with van der Waals surface area (Å²) in [5, 5.41) is 4.74. The topological polar surface area (TPSA) is 30.3 Å². The van der Waals surface area contributed by atoms with Crippen molar-refractivity contribution in [1.29, 1.82) is 0 Å². The second kappa shape index (κ2) is 4.13. The molecular formula is C11H16BrN3O. The molecule has 0 saturated carbocycles. The fraction of sp³-hybridized carbons (Fsp3) is 0.727. The number of hydrogen-bond donors (Lipinski definition) is 0. The Bertz CT molecular complexity index is 398. The van der Waals surface area contributed by atoms with Gasteiger partial charge in [-0.2, -0.15) is 5.10 Å². The average Bonchev–Trinajstić information content (AvgIpc) is 2.79. The Morgan fingerprint density at radius 2 is 2.06 bits per heavy atom. The first kappa shape index (κ1) is 10.7. The number of hydrogen-bond acceptors (Lipinski definition) is 3. The lowest BCUT2D eigenvalue weighted by Gasteiger charge is -2.23. The molecule has 3 heterocycles. The molecule has 0 radical (unpaired) electrons. The van der Waals surface area contributed by atoms with Crippen LogP contribution in [0.5, 0.6) is 0 Å². The van der Waals surface area contributed by atoms with E-state index in [9.17, 15) is 0 Å². The summed E-state index contributed by atoms with van der Waals surface area (Å²) in [6, 6.07) is 0.513. The second-order valence-corrected chi connectivity index (χ2v) is 5.43. The van der Waals surface area contributed by atoms with Crippen LogP contribution in [-0.4, -0.2) is 34.9 Å². The van der Waals surface area contributed by atoms with Gasteiger partial charge in [0.2, 0.25) is 0 Å². The zero-order chi connectivity index (χ0) is 11.1. The standard InChI is InChI=1S/C11H16BrN3O/c1-14-6-9-10(7-14)13-15(11(9)12)8-2-4-16-5-3-8/h8H,2-7H2,1H3. The molecular weight excluding hydrogens is 270 g/mol. The molecule has 0 amide bonds. The van der Waals surface area contributed by atoms with E-state index in [1.54, 1.807) is 0 Å². The third kappa shape index (κ3) is 1.71. The molecule has 0 aromatic carbocycles. The summed E-state index contributed by atoms with van der Waals surface area (Å²) in [6.45, 7) is 3.71. The van der Waals surface area contributed by atoms with Gasteiger partial charge in [0.05, 0.1) is 11.7 Å². The Kier molecular flexibility index (Phi) is 2.77. The normalized spacial score (nSPS) is 22.6. The minimum Gasteiger partial charge on any atom is -0.381 e. The van der Waals surface area contributed by atoms with Crippen molar-refractivity contribution in [1.82, 2.24) is 14.7 Å². The van der Waals surface area contributed by atoms with E-state index in [2.05, 4.69) is 32.6 Å². The van der Waals surface area contributed by atoms with Crippen LogP contribution in [0.25, 0.3) is 0 Å². The number of halogens is 1. The zero-order valence-electron chi connectivity index (χ0n) is 9.45. The lowest BCUT2D eigenvalue weighted by Crippen LogP contribution is -2.21. The first-order chi connectivity index (χ1) is 7.75. The van der Waals surface area contributed by atoms with Gasteiger partial charge in [-0.25, -0.2) is 0 Å². The smallest absolute Gasteiger partial charge is 0.109 e. The van der Waals surface area contributed by atoms with Crippen molar-refractivity contribution in [3.05, 3.63) is 15.9 Å². The molecule has 88 valence electrons. The summed E-state index contributed by atoms with van der Waals surface area (Å²) in [5.74, 6) is 0. The molecule has 0 atom stereocenters. The molecule has 0 spiro atoms. The average molecular weight is 286 g/mol. The summed E-state index contributed by atoms with van der Waals surface area (Å²) >= 11 is 3.70. The Hall–Kier alpha value is -0.390. The minimum absolute atomic E-state index is 0.513. The molecule has 1 aromatic heterocycles. The molecule has 0 bridgehead atoms. The highest BCUT2D eigenvalue weighted by atomic mass is 79.9. The van der Waals surface area contributed by atoms with Crippen LogP contribution in [0, 0.1) is 0 Å². The van der Waals surface area contributed by atoms with Crippen molar-refractivity contribution in [3.8, 4) is 0 Å². The van der Waals surface area contributed by atoms with Gasteiger partial charge in [-0.3, -0.25) is 9.58 Å². The molecule has 16 heavy (non-hydrogen) atoms. The van der Waals surface area contributed by atoms with Crippen molar-refractivity contribution in [2.45, 2.75) is 32.0 Å². The number of nitrogens with zero attached hydrogens (tertiary/aromatic N) is 3. The van der Waals surface area contributed by atoms with E-state index >= 15 is 0 Å². The van der Waals surface area contributed by atoms with Crippen LogP contribution >= 0.6 is 15.9 Å². The highest BCUT2D eigenvalue weighted by molar-refractivity contribution is 9.10. The van der Waals surface area contributed by atoms with E-state index in [4.69, 9.17) is 9.84 Å². The summed E-state index contributed by atoms with van der Waals surface area (Å²) in [5.41, 5.74) is 2.61. The van der Waals surface area contributed by atoms with Gasteiger partial charge in [-0.1, -0.05) is 0 Å². The predicted molar refractivity (Wildman–Crippen MR) is 64.2 cm³/mol. The van der Waals surface area contributed by atoms with Crippen LogP contribution in [-0.2, 0) is 17.8 Å². The monoisotopic (exact) mass is 285 g/mol. The van der Waals surface area contributed by atoms with E-state index in [1.165, 1.54) is 15.9 Å². The molecule has 1 aromatic rings. The first-order valence-electron chi connectivity index (χ1n) is 5.78. The Morgan fingerprint density at radius 1 is 1.31 bits per heavy atom. The van der Waals surface area contributed by atoms with Crippen LogP contribution in [0.4, 0.5) is 0 Å². The van der Waals surface area contributed by atoms with Crippen LogP contribution in [0.15, 0.2) is 4.60 Å². The van der Waals surface area contributed by atoms with Gasteiger partial charge in [0.15, 0.2) is 0 Å².